The monoisotopic (exact) mass is 439 g/mol. The van der Waals surface area contributed by atoms with Gasteiger partial charge in [-0.05, 0) is 62.5 Å². The van der Waals surface area contributed by atoms with E-state index >= 15 is 0 Å². The first-order valence-electron chi connectivity index (χ1n) is 11.7. The van der Waals surface area contributed by atoms with Gasteiger partial charge in [0.15, 0.2) is 0 Å². The number of ether oxygens (including phenoxy) is 1. The standard InChI is InChI=1S/C25H33N3O4/c1-16-10-12-28(13-11-16)22-21(23(29)24(22)30)26-15-17-6-8-18(9-7-17)25(31)27-19-4-3-5-20(14-19)32-2/h3-5,14,16-18,26H,6-13,15H2,1-2H3,(H,27,31). The van der Waals surface area contributed by atoms with Crippen LogP contribution in [0.5, 0.6) is 5.75 Å². The second-order valence-corrected chi connectivity index (χ2v) is 9.37. The van der Waals surface area contributed by atoms with Crippen LogP contribution in [0.15, 0.2) is 33.9 Å². The fourth-order valence-electron chi connectivity index (χ4n) is 4.90. The minimum absolute atomic E-state index is 0.00511. The number of carbonyl (C=O) groups excluding carboxylic acids is 1. The van der Waals surface area contributed by atoms with Crippen molar-refractivity contribution in [3.05, 3.63) is 44.7 Å². The third kappa shape index (κ3) is 4.81. The molecule has 0 unspecified atom stereocenters. The summed E-state index contributed by atoms with van der Waals surface area (Å²) >= 11 is 0. The molecule has 1 amide bonds. The topological polar surface area (TPSA) is 87.7 Å². The second-order valence-electron chi connectivity index (χ2n) is 9.37. The van der Waals surface area contributed by atoms with E-state index in [1.165, 1.54) is 0 Å². The third-order valence-corrected chi connectivity index (χ3v) is 7.11. The first-order chi connectivity index (χ1) is 15.5. The van der Waals surface area contributed by atoms with Crippen molar-refractivity contribution in [2.45, 2.75) is 45.4 Å². The zero-order valence-electron chi connectivity index (χ0n) is 19.0. The molecule has 0 atom stereocenters. The normalized spacial score (nSPS) is 22.0. The smallest absolute Gasteiger partial charge is 0.253 e. The molecule has 0 aromatic heterocycles. The third-order valence-electron chi connectivity index (χ3n) is 7.11. The minimum Gasteiger partial charge on any atom is -0.497 e. The Hall–Kier alpha value is -2.83. The number of nitrogens with zero attached hydrogens (tertiary/aromatic N) is 1. The highest BCUT2D eigenvalue weighted by atomic mass is 16.5. The van der Waals surface area contributed by atoms with Crippen molar-refractivity contribution >= 4 is 23.0 Å². The Balaban J connectivity index is 1.26. The molecule has 2 aromatic carbocycles. The van der Waals surface area contributed by atoms with Crippen LogP contribution >= 0.6 is 0 Å². The van der Waals surface area contributed by atoms with Gasteiger partial charge >= 0.3 is 0 Å². The second kappa shape index (κ2) is 9.76. The molecule has 7 nitrogen and oxygen atoms in total. The van der Waals surface area contributed by atoms with Crippen LogP contribution in [0.25, 0.3) is 0 Å². The number of nitrogens with one attached hydrogen (secondary N) is 2. The molecule has 7 heteroatoms. The molecule has 32 heavy (non-hydrogen) atoms. The number of anilines is 3. The molecule has 0 radical (unpaired) electrons. The molecular formula is C25H33N3O4. The van der Waals surface area contributed by atoms with Crippen LogP contribution in [0, 0.1) is 17.8 Å². The molecule has 4 rings (SSSR count). The first kappa shape index (κ1) is 22.4. The van der Waals surface area contributed by atoms with Gasteiger partial charge in [-0.3, -0.25) is 14.4 Å². The lowest BCUT2D eigenvalue weighted by atomic mass is 9.81. The van der Waals surface area contributed by atoms with E-state index in [1.807, 2.05) is 24.3 Å². The summed E-state index contributed by atoms with van der Waals surface area (Å²) in [6.07, 6.45) is 5.61. The van der Waals surface area contributed by atoms with E-state index in [9.17, 15) is 14.4 Å². The summed E-state index contributed by atoms with van der Waals surface area (Å²) in [5, 5.41) is 6.27. The Morgan fingerprint density at radius 2 is 1.78 bits per heavy atom. The highest BCUT2D eigenvalue weighted by Crippen LogP contribution is 2.31. The number of hydrogen-bond donors (Lipinski definition) is 2. The maximum Gasteiger partial charge on any atom is 0.253 e. The number of piperidine rings is 1. The summed E-state index contributed by atoms with van der Waals surface area (Å²) in [6.45, 7) is 4.58. The summed E-state index contributed by atoms with van der Waals surface area (Å²) < 4.78 is 5.21. The fourth-order valence-corrected chi connectivity index (χ4v) is 4.90. The van der Waals surface area contributed by atoms with E-state index in [0.717, 1.165) is 57.3 Å². The molecule has 172 valence electrons. The van der Waals surface area contributed by atoms with Crippen molar-refractivity contribution in [3.63, 3.8) is 0 Å². The molecule has 1 saturated carbocycles. The van der Waals surface area contributed by atoms with E-state index < -0.39 is 0 Å². The number of carbonyl (C=O) groups is 1. The summed E-state index contributed by atoms with van der Waals surface area (Å²) in [7, 11) is 1.61. The van der Waals surface area contributed by atoms with Gasteiger partial charge < -0.3 is 20.3 Å². The molecule has 2 N–H and O–H groups in total. The largest absolute Gasteiger partial charge is 0.497 e. The quantitative estimate of drug-likeness (QED) is 0.643. The molecule has 1 heterocycles. The zero-order valence-corrected chi connectivity index (χ0v) is 19.0. The van der Waals surface area contributed by atoms with Crippen molar-refractivity contribution in [2.75, 3.05) is 42.3 Å². The Morgan fingerprint density at radius 3 is 2.47 bits per heavy atom. The van der Waals surface area contributed by atoms with Gasteiger partial charge in [0.25, 0.3) is 10.9 Å². The number of hydrogen-bond acceptors (Lipinski definition) is 6. The average Bonchev–Trinajstić information content (AvgIpc) is 2.82. The Morgan fingerprint density at radius 1 is 1.06 bits per heavy atom. The molecule has 2 fully saturated rings. The van der Waals surface area contributed by atoms with E-state index in [-0.39, 0.29) is 22.7 Å². The Labute approximate surface area is 188 Å². The van der Waals surface area contributed by atoms with Gasteiger partial charge in [0.2, 0.25) is 5.91 Å². The highest BCUT2D eigenvalue weighted by Gasteiger charge is 2.30. The minimum atomic E-state index is -0.384. The summed E-state index contributed by atoms with van der Waals surface area (Å²) in [4.78, 5) is 39.1. The van der Waals surface area contributed by atoms with Crippen LogP contribution in [-0.2, 0) is 4.79 Å². The Kier molecular flexibility index (Phi) is 6.82. The molecule has 2 aromatic rings. The molecule has 1 aliphatic heterocycles. The summed E-state index contributed by atoms with van der Waals surface area (Å²) in [6, 6.07) is 7.39. The molecule has 2 aliphatic rings. The van der Waals surface area contributed by atoms with Gasteiger partial charge in [-0.1, -0.05) is 13.0 Å². The maximum atomic E-state index is 12.7. The lowest BCUT2D eigenvalue weighted by Crippen LogP contribution is -2.45. The molecule has 1 aliphatic carbocycles. The number of methoxy groups -OCH3 is 1. The zero-order chi connectivity index (χ0) is 22.7. The molecule has 0 spiro atoms. The van der Waals surface area contributed by atoms with Crippen LogP contribution in [-0.4, -0.2) is 32.7 Å². The number of amides is 1. The summed E-state index contributed by atoms with van der Waals surface area (Å²) in [5.74, 6) is 1.83. The van der Waals surface area contributed by atoms with Gasteiger partial charge in [0, 0.05) is 37.3 Å². The maximum absolute atomic E-state index is 12.7. The van der Waals surface area contributed by atoms with E-state index in [4.69, 9.17) is 4.74 Å². The van der Waals surface area contributed by atoms with Crippen molar-refractivity contribution < 1.29 is 9.53 Å². The SMILES string of the molecule is COc1cccc(NC(=O)C2CCC(CNc3c(N4CCC(C)CC4)c(=O)c3=O)CC2)c1. The lowest BCUT2D eigenvalue weighted by molar-refractivity contribution is -0.121. The van der Waals surface area contributed by atoms with Gasteiger partial charge in [-0.25, -0.2) is 0 Å². The highest BCUT2D eigenvalue weighted by molar-refractivity contribution is 5.92. The van der Waals surface area contributed by atoms with E-state index in [0.29, 0.717) is 35.5 Å². The molecule has 0 bridgehead atoms. The van der Waals surface area contributed by atoms with Gasteiger partial charge in [0.05, 0.1) is 7.11 Å². The van der Waals surface area contributed by atoms with Gasteiger partial charge in [-0.2, -0.15) is 0 Å². The van der Waals surface area contributed by atoms with Gasteiger partial charge in [0.1, 0.15) is 17.1 Å². The van der Waals surface area contributed by atoms with Crippen molar-refractivity contribution in [1.82, 2.24) is 0 Å². The molecule has 1 saturated heterocycles. The van der Waals surface area contributed by atoms with Crippen LogP contribution in [0.3, 0.4) is 0 Å². The summed E-state index contributed by atoms with van der Waals surface area (Å²) in [5.41, 5.74) is 1.11. The van der Waals surface area contributed by atoms with Crippen molar-refractivity contribution in [3.8, 4) is 5.75 Å². The van der Waals surface area contributed by atoms with Crippen LogP contribution < -0.4 is 31.1 Å². The fraction of sp³-hybridized carbons (Fsp3) is 0.560. The average molecular weight is 440 g/mol. The first-order valence-corrected chi connectivity index (χ1v) is 11.7. The van der Waals surface area contributed by atoms with Crippen LogP contribution in [0.1, 0.15) is 45.4 Å². The van der Waals surface area contributed by atoms with Crippen molar-refractivity contribution in [2.24, 2.45) is 17.8 Å². The van der Waals surface area contributed by atoms with E-state index in [1.54, 1.807) is 7.11 Å². The number of benzene rings is 1. The van der Waals surface area contributed by atoms with E-state index in [2.05, 4.69) is 22.5 Å². The van der Waals surface area contributed by atoms with Crippen molar-refractivity contribution in [1.29, 1.82) is 0 Å². The predicted octanol–water partition coefficient (Wildman–Crippen LogP) is 3.38. The Bertz CT molecular complexity index is 1010. The molecular weight excluding hydrogens is 406 g/mol. The number of rotatable bonds is 7. The van der Waals surface area contributed by atoms with Crippen LogP contribution in [0.2, 0.25) is 0 Å². The lowest BCUT2D eigenvalue weighted by Gasteiger charge is -2.34. The van der Waals surface area contributed by atoms with Crippen LogP contribution in [0.4, 0.5) is 17.1 Å². The predicted molar refractivity (Wildman–Crippen MR) is 128 cm³/mol. The van der Waals surface area contributed by atoms with Gasteiger partial charge in [-0.15, -0.1) is 0 Å².